The van der Waals surface area contributed by atoms with E-state index in [0.29, 0.717) is 18.0 Å². The van der Waals surface area contributed by atoms with Gasteiger partial charge >= 0.3 is 0 Å². The fourth-order valence-electron chi connectivity index (χ4n) is 3.22. The van der Waals surface area contributed by atoms with Gasteiger partial charge in [-0.05, 0) is 44.1 Å². The molecular formula is C19H29N. The van der Waals surface area contributed by atoms with Crippen molar-refractivity contribution in [3.63, 3.8) is 0 Å². The topological polar surface area (TPSA) is 12.0 Å². The van der Waals surface area contributed by atoms with Gasteiger partial charge in [0.25, 0.3) is 0 Å². The third-order valence-corrected chi connectivity index (χ3v) is 4.51. The van der Waals surface area contributed by atoms with E-state index in [0.717, 1.165) is 0 Å². The van der Waals surface area contributed by atoms with Crippen LogP contribution in [0.3, 0.4) is 0 Å². The van der Waals surface area contributed by atoms with Crippen LogP contribution in [0.15, 0.2) is 42.5 Å². The number of nitrogens with one attached hydrogen (secondary N) is 1. The van der Waals surface area contributed by atoms with Crippen molar-refractivity contribution in [1.29, 1.82) is 0 Å². The average Bonchev–Trinajstić information content (AvgIpc) is 2.46. The molecule has 0 saturated carbocycles. The quantitative estimate of drug-likeness (QED) is 0.721. The van der Waals surface area contributed by atoms with E-state index in [4.69, 9.17) is 0 Å². The van der Waals surface area contributed by atoms with Crippen molar-refractivity contribution >= 4 is 0 Å². The number of rotatable bonds is 5. The van der Waals surface area contributed by atoms with Crippen LogP contribution in [0.1, 0.15) is 64.0 Å². The first kappa shape index (κ1) is 15.3. The molecule has 1 aliphatic rings. The Morgan fingerprint density at radius 3 is 2.70 bits per heavy atom. The van der Waals surface area contributed by atoms with Gasteiger partial charge in [0, 0.05) is 12.1 Å². The first-order valence-corrected chi connectivity index (χ1v) is 8.29. The summed E-state index contributed by atoms with van der Waals surface area (Å²) in [6, 6.07) is 11.8. The van der Waals surface area contributed by atoms with Crippen LogP contribution in [0.25, 0.3) is 0 Å². The van der Waals surface area contributed by atoms with E-state index >= 15 is 0 Å². The van der Waals surface area contributed by atoms with Gasteiger partial charge in [-0.3, -0.25) is 0 Å². The zero-order valence-electron chi connectivity index (χ0n) is 13.0. The summed E-state index contributed by atoms with van der Waals surface area (Å²) in [7, 11) is 0. The van der Waals surface area contributed by atoms with Crippen LogP contribution in [0.5, 0.6) is 0 Å². The van der Waals surface area contributed by atoms with Crippen molar-refractivity contribution in [2.24, 2.45) is 5.92 Å². The van der Waals surface area contributed by atoms with Gasteiger partial charge in [-0.2, -0.15) is 0 Å². The van der Waals surface area contributed by atoms with Crippen LogP contribution in [-0.4, -0.2) is 6.04 Å². The number of allylic oxidation sites excluding steroid dienone is 1. The lowest BCUT2D eigenvalue weighted by Crippen LogP contribution is -2.37. The van der Waals surface area contributed by atoms with E-state index in [-0.39, 0.29) is 0 Å². The molecule has 3 atom stereocenters. The van der Waals surface area contributed by atoms with E-state index in [1.807, 2.05) is 0 Å². The molecule has 0 saturated heterocycles. The predicted octanol–water partition coefficient (Wildman–Crippen LogP) is 5.25. The molecule has 0 aliphatic heterocycles. The molecule has 0 bridgehead atoms. The molecule has 2 rings (SSSR count). The molecule has 1 aliphatic carbocycles. The fourth-order valence-corrected chi connectivity index (χ4v) is 3.22. The highest BCUT2D eigenvalue weighted by atomic mass is 14.9. The van der Waals surface area contributed by atoms with Crippen molar-refractivity contribution in [1.82, 2.24) is 5.32 Å². The predicted molar refractivity (Wildman–Crippen MR) is 87.8 cm³/mol. The summed E-state index contributed by atoms with van der Waals surface area (Å²) in [6.45, 7) is 4.59. The number of benzene rings is 1. The van der Waals surface area contributed by atoms with Crippen LogP contribution in [0.2, 0.25) is 0 Å². The Morgan fingerprint density at radius 2 is 1.95 bits per heavy atom. The standard InChI is InChI=1S/C19H29N/c1-3-19(18-14-8-5-4-6-9-15-18)20-16(2)17-12-10-7-11-13-17/h7-8,10-14,16,18-20H,3-6,9,15H2,1-2H3/t16-,18?,19?/m1/s1. The molecule has 1 heteroatoms. The molecule has 0 heterocycles. The number of hydrogen-bond acceptors (Lipinski definition) is 1. The van der Waals surface area contributed by atoms with Crippen molar-refractivity contribution in [2.45, 2.75) is 64.5 Å². The summed E-state index contributed by atoms with van der Waals surface area (Å²) in [5.41, 5.74) is 1.39. The summed E-state index contributed by atoms with van der Waals surface area (Å²) < 4.78 is 0. The third-order valence-electron chi connectivity index (χ3n) is 4.51. The Balaban J connectivity index is 1.98. The van der Waals surface area contributed by atoms with Gasteiger partial charge in [0.1, 0.15) is 0 Å². The molecule has 1 aromatic carbocycles. The van der Waals surface area contributed by atoms with Gasteiger partial charge in [0.15, 0.2) is 0 Å². The first-order chi connectivity index (χ1) is 9.81. The molecule has 0 aromatic heterocycles. The molecule has 1 aromatic rings. The van der Waals surface area contributed by atoms with Gasteiger partial charge in [-0.1, -0.05) is 62.2 Å². The molecule has 110 valence electrons. The third kappa shape index (κ3) is 4.49. The highest BCUT2D eigenvalue weighted by Crippen LogP contribution is 2.24. The zero-order chi connectivity index (χ0) is 14.2. The maximum atomic E-state index is 3.85. The lowest BCUT2D eigenvalue weighted by atomic mass is 9.88. The molecule has 1 N–H and O–H groups in total. The van der Waals surface area contributed by atoms with Gasteiger partial charge in [0.2, 0.25) is 0 Å². The van der Waals surface area contributed by atoms with E-state index in [1.54, 1.807) is 0 Å². The summed E-state index contributed by atoms with van der Waals surface area (Å²) in [5, 5.41) is 3.85. The molecule has 2 unspecified atom stereocenters. The van der Waals surface area contributed by atoms with Crippen LogP contribution >= 0.6 is 0 Å². The van der Waals surface area contributed by atoms with Crippen LogP contribution in [-0.2, 0) is 0 Å². The normalized spacial score (nSPS) is 22.8. The minimum Gasteiger partial charge on any atom is -0.307 e. The Bertz CT molecular complexity index is 395. The lowest BCUT2D eigenvalue weighted by Gasteiger charge is -2.29. The molecule has 0 fully saturated rings. The largest absolute Gasteiger partial charge is 0.307 e. The van der Waals surface area contributed by atoms with E-state index in [1.165, 1.54) is 44.1 Å². The minimum atomic E-state index is 0.431. The Morgan fingerprint density at radius 1 is 1.15 bits per heavy atom. The second kappa shape index (κ2) is 8.26. The molecule has 20 heavy (non-hydrogen) atoms. The van der Waals surface area contributed by atoms with E-state index < -0.39 is 0 Å². The van der Waals surface area contributed by atoms with Crippen molar-refractivity contribution in [2.75, 3.05) is 0 Å². The van der Waals surface area contributed by atoms with Crippen LogP contribution in [0, 0.1) is 5.92 Å². The highest BCUT2D eigenvalue weighted by Gasteiger charge is 2.20. The first-order valence-electron chi connectivity index (χ1n) is 8.29. The average molecular weight is 271 g/mol. The second-order valence-corrected chi connectivity index (χ2v) is 6.04. The maximum Gasteiger partial charge on any atom is 0.0294 e. The Labute approximate surface area is 124 Å². The summed E-state index contributed by atoms with van der Waals surface area (Å²) in [5.74, 6) is 0.700. The summed E-state index contributed by atoms with van der Waals surface area (Å²) in [6.07, 6.45) is 12.8. The SMILES string of the molecule is CCC(N[C@H](C)c1ccccc1)C1C=CCCCCC1. The van der Waals surface area contributed by atoms with Gasteiger partial charge < -0.3 is 5.32 Å². The lowest BCUT2D eigenvalue weighted by molar-refractivity contribution is 0.338. The van der Waals surface area contributed by atoms with Crippen molar-refractivity contribution < 1.29 is 0 Å². The van der Waals surface area contributed by atoms with Gasteiger partial charge in [0.05, 0.1) is 0 Å². The van der Waals surface area contributed by atoms with Crippen LogP contribution < -0.4 is 5.32 Å². The molecule has 0 spiro atoms. The Kier molecular flexibility index (Phi) is 6.32. The monoisotopic (exact) mass is 271 g/mol. The minimum absolute atomic E-state index is 0.431. The van der Waals surface area contributed by atoms with E-state index in [2.05, 4.69) is 61.6 Å². The fraction of sp³-hybridized carbons (Fsp3) is 0.579. The Hall–Kier alpha value is -1.08. The molecule has 0 radical (unpaired) electrons. The second-order valence-electron chi connectivity index (χ2n) is 6.04. The molecule has 1 nitrogen and oxygen atoms in total. The number of hydrogen-bond donors (Lipinski definition) is 1. The zero-order valence-corrected chi connectivity index (χ0v) is 13.0. The smallest absolute Gasteiger partial charge is 0.0294 e. The van der Waals surface area contributed by atoms with Crippen LogP contribution in [0.4, 0.5) is 0 Å². The summed E-state index contributed by atoms with van der Waals surface area (Å²) >= 11 is 0. The van der Waals surface area contributed by atoms with E-state index in [9.17, 15) is 0 Å². The molecular weight excluding hydrogens is 242 g/mol. The van der Waals surface area contributed by atoms with Crippen molar-refractivity contribution in [3.05, 3.63) is 48.0 Å². The maximum absolute atomic E-state index is 3.85. The highest BCUT2D eigenvalue weighted by molar-refractivity contribution is 5.18. The van der Waals surface area contributed by atoms with Crippen molar-refractivity contribution in [3.8, 4) is 0 Å². The summed E-state index contributed by atoms with van der Waals surface area (Å²) in [4.78, 5) is 0. The van der Waals surface area contributed by atoms with Gasteiger partial charge in [-0.25, -0.2) is 0 Å². The van der Waals surface area contributed by atoms with Gasteiger partial charge in [-0.15, -0.1) is 0 Å². The molecule has 0 amide bonds.